The standard InChI is InChI=1S/C20H28N4O3/c1-14(25)21-17-7-4-15(5-8-17)10-23-11-16-6-9-18(12-23)24(20(16)27)13-19(26)22(2)3/h4-5,7-8,16,18H,6,9-13H2,1-3H3,(H,21,25). The number of fused-ring (bicyclic) bond motifs is 4. The van der Waals surface area contributed by atoms with Crippen LogP contribution in [-0.4, -0.2) is 72.2 Å². The number of hydrogen-bond donors (Lipinski definition) is 1. The zero-order valence-corrected chi connectivity index (χ0v) is 16.3. The van der Waals surface area contributed by atoms with Gasteiger partial charge in [0.05, 0.1) is 5.92 Å². The maximum atomic E-state index is 12.8. The number of nitrogens with one attached hydrogen (secondary N) is 1. The van der Waals surface area contributed by atoms with Crippen LogP contribution in [0.15, 0.2) is 24.3 Å². The molecule has 3 heterocycles. The fourth-order valence-corrected chi connectivity index (χ4v) is 3.91. The molecule has 2 atom stereocenters. The molecule has 1 aromatic carbocycles. The lowest BCUT2D eigenvalue weighted by Crippen LogP contribution is -2.51. The molecule has 0 spiro atoms. The van der Waals surface area contributed by atoms with Crippen LogP contribution in [0.5, 0.6) is 0 Å². The molecule has 27 heavy (non-hydrogen) atoms. The maximum absolute atomic E-state index is 12.8. The fraction of sp³-hybridized carbons (Fsp3) is 0.550. The van der Waals surface area contributed by atoms with Crippen LogP contribution in [0.3, 0.4) is 0 Å². The topological polar surface area (TPSA) is 73.0 Å². The van der Waals surface area contributed by atoms with Crippen molar-refractivity contribution in [3.8, 4) is 0 Å². The summed E-state index contributed by atoms with van der Waals surface area (Å²) in [7, 11) is 3.44. The highest BCUT2D eigenvalue weighted by Crippen LogP contribution is 2.30. The smallest absolute Gasteiger partial charge is 0.241 e. The van der Waals surface area contributed by atoms with Crippen molar-refractivity contribution in [1.29, 1.82) is 0 Å². The van der Waals surface area contributed by atoms with Crippen molar-refractivity contribution in [2.24, 2.45) is 5.92 Å². The van der Waals surface area contributed by atoms with Gasteiger partial charge in [0.1, 0.15) is 6.54 Å². The van der Waals surface area contributed by atoms with Gasteiger partial charge in [0, 0.05) is 52.4 Å². The molecule has 1 N–H and O–H groups in total. The summed E-state index contributed by atoms with van der Waals surface area (Å²) >= 11 is 0. The molecule has 7 heteroatoms. The van der Waals surface area contributed by atoms with Gasteiger partial charge in [-0.05, 0) is 30.5 Å². The van der Waals surface area contributed by atoms with Crippen LogP contribution < -0.4 is 5.32 Å². The average molecular weight is 372 g/mol. The van der Waals surface area contributed by atoms with E-state index in [9.17, 15) is 14.4 Å². The average Bonchev–Trinajstić information content (AvgIpc) is 2.88. The summed E-state index contributed by atoms with van der Waals surface area (Å²) in [4.78, 5) is 41.7. The molecule has 1 aromatic rings. The SMILES string of the molecule is CC(=O)Nc1ccc(CN2CC3CCC(C2)N(CC(=O)N(C)C)C3=O)cc1. The second-order valence-corrected chi connectivity index (χ2v) is 7.75. The molecule has 146 valence electrons. The molecule has 0 saturated carbocycles. The van der Waals surface area contributed by atoms with Crippen LogP contribution in [-0.2, 0) is 20.9 Å². The third-order valence-corrected chi connectivity index (χ3v) is 5.35. The summed E-state index contributed by atoms with van der Waals surface area (Å²) in [5, 5.41) is 2.77. The quantitative estimate of drug-likeness (QED) is 0.842. The predicted octanol–water partition coefficient (Wildman–Crippen LogP) is 1.16. The van der Waals surface area contributed by atoms with E-state index in [4.69, 9.17) is 0 Å². The van der Waals surface area contributed by atoms with E-state index in [1.807, 2.05) is 24.3 Å². The summed E-state index contributed by atoms with van der Waals surface area (Å²) in [6, 6.07) is 7.91. The lowest BCUT2D eigenvalue weighted by molar-refractivity contribution is -0.145. The van der Waals surface area contributed by atoms with Crippen LogP contribution in [0.25, 0.3) is 0 Å². The number of anilines is 1. The van der Waals surface area contributed by atoms with E-state index in [1.54, 1.807) is 23.9 Å². The summed E-state index contributed by atoms with van der Waals surface area (Å²) in [5.74, 6) is -0.0314. The molecule has 3 aliphatic heterocycles. The number of carbonyl (C=O) groups excluding carboxylic acids is 3. The second-order valence-electron chi connectivity index (χ2n) is 7.75. The number of carbonyl (C=O) groups is 3. The van der Waals surface area contributed by atoms with E-state index in [0.717, 1.165) is 43.7 Å². The van der Waals surface area contributed by atoms with Crippen molar-refractivity contribution < 1.29 is 14.4 Å². The van der Waals surface area contributed by atoms with Crippen LogP contribution in [0.1, 0.15) is 25.3 Å². The Morgan fingerprint density at radius 3 is 2.48 bits per heavy atom. The molecule has 2 bridgehead atoms. The molecular weight excluding hydrogens is 344 g/mol. The number of rotatable bonds is 5. The first-order chi connectivity index (χ1) is 12.8. The first kappa shape index (κ1) is 19.4. The van der Waals surface area contributed by atoms with Crippen molar-refractivity contribution in [3.63, 3.8) is 0 Å². The third kappa shape index (κ3) is 4.66. The summed E-state index contributed by atoms with van der Waals surface area (Å²) in [6.45, 7) is 3.94. The minimum atomic E-state index is -0.0854. The molecule has 7 nitrogen and oxygen atoms in total. The molecule has 4 rings (SSSR count). The normalized spacial score (nSPS) is 22.5. The van der Waals surface area contributed by atoms with E-state index >= 15 is 0 Å². The van der Waals surface area contributed by atoms with Gasteiger partial charge >= 0.3 is 0 Å². The van der Waals surface area contributed by atoms with Gasteiger partial charge in [-0.1, -0.05) is 12.1 Å². The van der Waals surface area contributed by atoms with Crippen LogP contribution >= 0.6 is 0 Å². The minimum absolute atomic E-state index is 0.0302. The maximum Gasteiger partial charge on any atom is 0.241 e. The lowest BCUT2D eigenvalue weighted by atomic mass is 9.94. The molecule has 0 aliphatic carbocycles. The van der Waals surface area contributed by atoms with Gasteiger partial charge in [-0.3, -0.25) is 19.3 Å². The lowest BCUT2D eigenvalue weighted by Gasteiger charge is -2.36. The second kappa shape index (κ2) is 8.08. The van der Waals surface area contributed by atoms with Crippen molar-refractivity contribution in [3.05, 3.63) is 29.8 Å². The summed E-state index contributed by atoms with van der Waals surface area (Å²) < 4.78 is 0. The first-order valence-corrected chi connectivity index (χ1v) is 9.43. The van der Waals surface area contributed by atoms with Gasteiger partial charge in [-0.25, -0.2) is 0 Å². The van der Waals surface area contributed by atoms with E-state index in [2.05, 4.69) is 10.2 Å². The Kier molecular flexibility index (Phi) is 5.79. The Hall–Kier alpha value is -2.41. The highest BCUT2D eigenvalue weighted by atomic mass is 16.2. The van der Waals surface area contributed by atoms with Crippen molar-refractivity contribution in [2.75, 3.05) is 39.0 Å². The van der Waals surface area contributed by atoms with Gasteiger partial charge in [-0.2, -0.15) is 0 Å². The third-order valence-electron chi connectivity index (χ3n) is 5.35. The Bertz CT molecular complexity index is 716. The van der Waals surface area contributed by atoms with Gasteiger partial charge in [0.2, 0.25) is 17.7 Å². The molecule has 3 fully saturated rings. The number of amides is 3. The van der Waals surface area contributed by atoms with Crippen molar-refractivity contribution >= 4 is 23.4 Å². The highest BCUT2D eigenvalue weighted by Gasteiger charge is 2.41. The minimum Gasteiger partial charge on any atom is -0.347 e. The van der Waals surface area contributed by atoms with E-state index < -0.39 is 0 Å². The molecule has 3 amide bonds. The Balaban J connectivity index is 1.66. The van der Waals surface area contributed by atoms with Gasteiger partial charge < -0.3 is 15.1 Å². The van der Waals surface area contributed by atoms with Crippen LogP contribution in [0.4, 0.5) is 5.69 Å². The van der Waals surface area contributed by atoms with E-state index in [0.29, 0.717) is 0 Å². The Morgan fingerprint density at radius 2 is 1.85 bits per heavy atom. The zero-order valence-electron chi connectivity index (χ0n) is 16.3. The number of hydrogen-bond acceptors (Lipinski definition) is 4. The van der Waals surface area contributed by atoms with Crippen LogP contribution in [0.2, 0.25) is 0 Å². The van der Waals surface area contributed by atoms with E-state index in [1.165, 1.54) is 6.92 Å². The van der Waals surface area contributed by atoms with Gasteiger partial charge in [-0.15, -0.1) is 0 Å². The molecule has 3 aliphatic rings. The molecule has 0 radical (unpaired) electrons. The van der Waals surface area contributed by atoms with Gasteiger partial charge in [0.15, 0.2) is 0 Å². The molecule has 3 saturated heterocycles. The van der Waals surface area contributed by atoms with Crippen molar-refractivity contribution in [1.82, 2.24) is 14.7 Å². The number of nitrogens with zero attached hydrogens (tertiary/aromatic N) is 3. The van der Waals surface area contributed by atoms with E-state index in [-0.39, 0.29) is 36.2 Å². The largest absolute Gasteiger partial charge is 0.347 e. The highest BCUT2D eigenvalue weighted by molar-refractivity contribution is 5.88. The summed E-state index contributed by atoms with van der Waals surface area (Å²) in [5.41, 5.74) is 1.93. The fourth-order valence-electron chi connectivity index (χ4n) is 3.91. The number of piperidine rings is 1. The molecule has 2 unspecified atom stereocenters. The van der Waals surface area contributed by atoms with Crippen molar-refractivity contribution in [2.45, 2.75) is 32.4 Å². The molecule has 0 aromatic heterocycles. The monoisotopic (exact) mass is 372 g/mol. The molecular formula is C20H28N4O3. The predicted molar refractivity (Wildman–Crippen MR) is 103 cm³/mol. The summed E-state index contributed by atoms with van der Waals surface area (Å²) in [6.07, 6.45) is 1.85. The Labute approximate surface area is 160 Å². The zero-order chi connectivity index (χ0) is 19.6. The Morgan fingerprint density at radius 1 is 1.15 bits per heavy atom. The first-order valence-electron chi connectivity index (χ1n) is 9.43. The van der Waals surface area contributed by atoms with Crippen LogP contribution in [0, 0.1) is 5.92 Å². The number of benzene rings is 1. The van der Waals surface area contributed by atoms with Gasteiger partial charge in [0.25, 0.3) is 0 Å². The number of likely N-dealkylation sites (N-methyl/N-ethyl adjacent to an activating group) is 1.